The van der Waals surface area contributed by atoms with Crippen molar-refractivity contribution in [3.8, 4) is 23.0 Å². The summed E-state index contributed by atoms with van der Waals surface area (Å²) in [6.07, 6.45) is -0.364. The minimum Gasteiger partial charge on any atom is -0.504 e. The predicted molar refractivity (Wildman–Crippen MR) is 81.1 cm³/mol. The second-order valence-electron chi connectivity index (χ2n) is 6.04. The number of carbonyl (C=O) groups excluding carboxylic acids is 2. The monoisotopic (exact) mass is 332 g/mol. The summed E-state index contributed by atoms with van der Waals surface area (Å²) in [5.41, 5.74) is 0.631. The molecule has 2 heterocycles. The van der Waals surface area contributed by atoms with Gasteiger partial charge in [0.25, 0.3) is 0 Å². The van der Waals surface area contributed by atoms with E-state index in [2.05, 4.69) is 0 Å². The van der Waals surface area contributed by atoms with E-state index in [-0.39, 0.29) is 47.1 Å². The van der Waals surface area contributed by atoms with Gasteiger partial charge in [0.15, 0.2) is 23.1 Å². The van der Waals surface area contributed by atoms with Crippen LogP contribution in [0.2, 0.25) is 0 Å². The van der Waals surface area contributed by atoms with Gasteiger partial charge in [0.05, 0.1) is 30.4 Å². The molecule has 0 amide bonds. The van der Waals surface area contributed by atoms with Crippen LogP contribution in [-0.2, 0) is 4.74 Å². The molecule has 0 bridgehead atoms. The third-order valence-corrected chi connectivity index (χ3v) is 4.58. The second-order valence-corrected chi connectivity index (χ2v) is 6.04. The molecule has 0 aromatic heterocycles. The van der Waals surface area contributed by atoms with Crippen molar-refractivity contribution >= 4 is 11.6 Å². The molecular weight excluding hydrogens is 316 g/mol. The Hall–Kier alpha value is -2.54. The Morgan fingerprint density at radius 3 is 2.50 bits per heavy atom. The topological polar surface area (TPSA) is 91.3 Å². The van der Waals surface area contributed by atoms with Gasteiger partial charge >= 0.3 is 0 Å². The lowest BCUT2D eigenvalue weighted by atomic mass is 9.77. The van der Waals surface area contributed by atoms with E-state index in [1.165, 1.54) is 7.11 Å². The smallest absolute Gasteiger partial charge is 0.231 e. The van der Waals surface area contributed by atoms with Crippen molar-refractivity contribution in [3.05, 3.63) is 22.3 Å². The van der Waals surface area contributed by atoms with Crippen molar-refractivity contribution < 1.29 is 33.6 Å². The van der Waals surface area contributed by atoms with Gasteiger partial charge in [-0.2, -0.15) is 0 Å². The fraction of sp³-hybridized carbons (Fsp3) is 0.412. The number of methoxy groups -OCH3 is 1. The van der Waals surface area contributed by atoms with E-state index in [4.69, 9.17) is 18.9 Å². The quantitative estimate of drug-likeness (QED) is 0.841. The summed E-state index contributed by atoms with van der Waals surface area (Å²) in [4.78, 5) is 26.1. The highest BCUT2D eigenvalue weighted by atomic mass is 16.7. The fourth-order valence-corrected chi connectivity index (χ4v) is 3.64. The number of aromatic hydroxyl groups is 1. The average Bonchev–Trinajstić information content (AvgIpc) is 3.01. The molecular formula is C17H16O7. The number of hydrogen-bond acceptors (Lipinski definition) is 7. The summed E-state index contributed by atoms with van der Waals surface area (Å²) in [7, 11) is 1.38. The lowest BCUT2D eigenvalue weighted by Crippen LogP contribution is -2.36. The van der Waals surface area contributed by atoms with Gasteiger partial charge in [0.1, 0.15) is 0 Å². The van der Waals surface area contributed by atoms with Crippen LogP contribution >= 0.6 is 0 Å². The maximum absolute atomic E-state index is 13.1. The number of fused-ring (bicyclic) bond motifs is 2. The van der Waals surface area contributed by atoms with E-state index >= 15 is 0 Å². The molecule has 0 saturated carbocycles. The Morgan fingerprint density at radius 2 is 1.79 bits per heavy atom. The number of hydrogen-bond donors (Lipinski definition) is 1. The Kier molecular flexibility index (Phi) is 3.11. The zero-order chi connectivity index (χ0) is 17.2. The van der Waals surface area contributed by atoms with Crippen LogP contribution in [0.1, 0.15) is 41.0 Å². The minimum absolute atomic E-state index is 0.0218. The SMILES string of the molecule is COc1c2c(c(O)c3c1C(=O)C1=C(C3=O)[C@@H](C)O[C@@H](C)C1)OCO2. The van der Waals surface area contributed by atoms with Crippen LogP contribution in [0.3, 0.4) is 0 Å². The Balaban J connectivity index is 2.03. The average molecular weight is 332 g/mol. The van der Waals surface area contributed by atoms with Crippen LogP contribution in [0.15, 0.2) is 11.1 Å². The third-order valence-electron chi connectivity index (χ3n) is 4.58. The molecule has 1 aliphatic carbocycles. The standard InChI is InChI=1S/C17H16O7/c1-6-4-8-9(7(2)24-6)13(19)10-11(12(8)18)15(21-3)17-16(14(10)20)22-5-23-17/h6-7,20H,4-5H2,1-3H3/t6-,7+/m0/s1. The largest absolute Gasteiger partial charge is 0.504 e. The van der Waals surface area contributed by atoms with E-state index in [0.29, 0.717) is 17.6 Å². The maximum Gasteiger partial charge on any atom is 0.231 e. The minimum atomic E-state index is -0.524. The van der Waals surface area contributed by atoms with Crippen molar-refractivity contribution in [2.75, 3.05) is 13.9 Å². The van der Waals surface area contributed by atoms with Gasteiger partial charge in [-0.3, -0.25) is 9.59 Å². The summed E-state index contributed by atoms with van der Waals surface area (Å²) in [6, 6.07) is 0. The number of carbonyl (C=O) groups is 2. The molecule has 4 rings (SSSR count). The first-order valence-corrected chi connectivity index (χ1v) is 7.66. The first-order chi connectivity index (χ1) is 11.5. The molecule has 1 N–H and O–H groups in total. The predicted octanol–water partition coefficient (Wildman–Crippen LogP) is 2.00. The molecule has 3 aliphatic rings. The highest BCUT2D eigenvalue weighted by Gasteiger charge is 2.45. The molecule has 126 valence electrons. The first-order valence-electron chi connectivity index (χ1n) is 7.66. The Bertz CT molecular complexity index is 821. The van der Waals surface area contributed by atoms with Crippen LogP contribution in [-0.4, -0.2) is 42.8 Å². The van der Waals surface area contributed by atoms with E-state index in [1.807, 2.05) is 6.92 Å². The number of Topliss-reactive ketones (excluding diaryl/α,β-unsaturated/α-hetero) is 2. The van der Waals surface area contributed by atoms with Gasteiger partial charge in [-0.1, -0.05) is 0 Å². The summed E-state index contributed by atoms with van der Waals surface area (Å²) in [6.45, 7) is 3.46. The molecule has 0 saturated heterocycles. The van der Waals surface area contributed by atoms with Crippen molar-refractivity contribution in [1.82, 2.24) is 0 Å². The summed E-state index contributed by atoms with van der Waals surface area (Å²) in [5, 5.41) is 10.5. The molecule has 2 atom stereocenters. The number of rotatable bonds is 1. The van der Waals surface area contributed by atoms with E-state index in [0.717, 1.165) is 0 Å². The summed E-state index contributed by atoms with van der Waals surface area (Å²) >= 11 is 0. The second kappa shape index (κ2) is 4.98. The molecule has 0 fully saturated rings. The van der Waals surface area contributed by atoms with E-state index in [9.17, 15) is 14.7 Å². The lowest BCUT2D eigenvalue weighted by molar-refractivity contribution is 0.0148. The highest BCUT2D eigenvalue weighted by Crippen LogP contribution is 2.54. The van der Waals surface area contributed by atoms with Crippen LogP contribution < -0.4 is 14.2 Å². The normalized spacial score (nSPS) is 24.8. The molecule has 1 aromatic carbocycles. The van der Waals surface area contributed by atoms with Gasteiger partial charge in [0.2, 0.25) is 18.3 Å². The summed E-state index contributed by atoms with van der Waals surface area (Å²) in [5.74, 6) is -0.887. The van der Waals surface area contributed by atoms with E-state index < -0.39 is 17.6 Å². The van der Waals surface area contributed by atoms with Crippen LogP contribution in [0, 0.1) is 0 Å². The van der Waals surface area contributed by atoms with Crippen molar-refractivity contribution in [1.29, 1.82) is 0 Å². The maximum atomic E-state index is 13.1. The Morgan fingerprint density at radius 1 is 1.08 bits per heavy atom. The zero-order valence-corrected chi connectivity index (χ0v) is 13.5. The molecule has 2 aliphatic heterocycles. The number of ether oxygens (including phenoxy) is 4. The molecule has 7 nitrogen and oxygen atoms in total. The third kappa shape index (κ3) is 1.76. The van der Waals surface area contributed by atoms with Crippen molar-refractivity contribution in [2.45, 2.75) is 32.5 Å². The fourth-order valence-electron chi connectivity index (χ4n) is 3.64. The van der Waals surface area contributed by atoms with Gasteiger partial charge in [-0.05, 0) is 13.8 Å². The highest BCUT2D eigenvalue weighted by molar-refractivity contribution is 6.30. The van der Waals surface area contributed by atoms with Gasteiger partial charge in [-0.25, -0.2) is 0 Å². The number of ketones is 2. The van der Waals surface area contributed by atoms with Crippen molar-refractivity contribution in [3.63, 3.8) is 0 Å². The number of benzene rings is 1. The van der Waals surface area contributed by atoms with Gasteiger partial charge in [-0.15, -0.1) is 0 Å². The Labute approximate surface area is 137 Å². The van der Waals surface area contributed by atoms with Gasteiger partial charge < -0.3 is 24.1 Å². The molecule has 0 spiro atoms. The molecule has 0 radical (unpaired) electrons. The van der Waals surface area contributed by atoms with Crippen LogP contribution in [0.4, 0.5) is 0 Å². The first kappa shape index (κ1) is 15.0. The number of phenolic OH excluding ortho intramolecular Hbond substituents is 1. The molecule has 7 heteroatoms. The molecule has 0 unspecified atom stereocenters. The van der Waals surface area contributed by atoms with E-state index in [1.54, 1.807) is 6.92 Å². The summed E-state index contributed by atoms with van der Waals surface area (Å²) < 4.78 is 21.6. The number of phenols is 1. The zero-order valence-electron chi connectivity index (χ0n) is 13.5. The molecule has 24 heavy (non-hydrogen) atoms. The van der Waals surface area contributed by atoms with Crippen LogP contribution in [0.25, 0.3) is 0 Å². The van der Waals surface area contributed by atoms with Crippen LogP contribution in [0.5, 0.6) is 23.0 Å². The van der Waals surface area contributed by atoms with Gasteiger partial charge in [0, 0.05) is 17.6 Å². The molecule has 1 aromatic rings. The van der Waals surface area contributed by atoms with Crippen molar-refractivity contribution in [2.24, 2.45) is 0 Å². The lowest BCUT2D eigenvalue weighted by Gasteiger charge is -2.33.